The van der Waals surface area contributed by atoms with Crippen LogP contribution in [0.15, 0.2) is 45.6 Å². The molecule has 0 aliphatic heterocycles. The lowest BCUT2D eigenvalue weighted by molar-refractivity contribution is -0.154. The van der Waals surface area contributed by atoms with E-state index in [4.69, 9.17) is 18.6 Å². The maximum Gasteiger partial charge on any atom is 0.453 e. The predicted octanol–water partition coefficient (Wildman–Crippen LogP) is 5.16. The van der Waals surface area contributed by atoms with Crippen LogP contribution in [0, 0.1) is 13.8 Å². The summed E-state index contributed by atoms with van der Waals surface area (Å²) in [6.07, 6.45) is -4.98. The van der Waals surface area contributed by atoms with Crippen molar-refractivity contribution in [3.05, 3.63) is 63.5 Å². The van der Waals surface area contributed by atoms with Gasteiger partial charge in [-0.15, -0.1) is 0 Å². The maximum absolute atomic E-state index is 13.7. The van der Waals surface area contributed by atoms with E-state index in [0.717, 1.165) is 17.2 Å². The molecule has 0 bridgehead atoms. The van der Waals surface area contributed by atoms with Gasteiger partial charge in [-0.2, -0.15) is 13.2 Å². The number of fused-ring (bicyclic) bond motifs is 1. The fourth-order valence-corrected chi connectivity index (χ4v) is 2.98. The summed E-state index contributed by atoms with van der Waals surface area (Å²) in [7, 11) is 0. The molecule has 0 amide bonds. The summed E-state index contributed by atoms with van der Waals surface area (Å²) in [5.74, 6) is -3.03. The molecule has 2 aromatic carbocycles. The van der Waals surface area contributed by atoms with Crippen molar-refractivity contribution in [3.63, 3.8) is 0 Å². The summed E-state index contributed by atoms with van der Waals surface area (Å²) in [5, 5.41) is -0.129. The summed E-state index contributed by atoms with van der Waals surface area (Å²) < 4.78 is 61.2. The number of ether oxygens (including phenoxy) is 3. The minimum absolute atomic E-state index is 0.0415. The third-order valence-electron chi connectivity index (χ3n) is 4.16. The Balaban J connectivity index is 2.06. The van der Waals surface area contributed by atoms with Gasteiger partial charge in [0, 0.05) is 6.07 Å². The summed E-state index contributed by atoms with van der Waals surface area (Å²) in [6, 6.07) is 8.54. The Morgan fingerprint density at radius 3 is 2.32 bits per heavy atom. The van der Waals surface area contributed by atoms with Crippen LogP contribution in [-0.4, -0.2) is 19.2 Å². The SMILES string of the molecule is CCOC(=O)COc1ccc2c(=O)c(Oc3cc(C)cc(C)c3)c(C(F)(F)F)oc2c1. The van der Waals surface area contributed by atoms with Crippen molar-refractivity contribution in [3.8, 4) is 17.2 Å². The lowest BCUT2D eigenvalue weighted by Gasteiger charge is -2.14. The van der Waals surface area contributed by atoms with Crippen LogP contribution in [-0.2, 0) is 15.7 Å². The van der Waals surface area contributed by atoms with E-state index in [2.05, 4.69) is 0 Å². The van der Waals surface area contributed by atoms with Crippen LogP contribution in [0.4, 0.5) is 13.2 Å². The molecule has 0 atom stereocenters. The Bertz CT molecular complexity index is 1160. The lowest BCUT2D eigenvalue weighted by Crippen LogP contribution is -2.16. The molecule has 164 valence electrons. The van der Waals surface area contributed by atoms with Crippen molar-refractivity contribution in [2.45, 2.75) is 26.9 Å². The number of hydrogen-bond acceptors (Lipinski definition) is 6. The fraction of sp³-hybridized carbons (Fsp3) is 0.273. The molecule has 3 rings (SSSR count). The molecule has 0 N–H and O–H groups in total. The predicted molar refractivity (Wildman–Crippen MR) is 106 cm³/mol. The second kappa shape index (κ2) is 8.71. The molecular weight excluding hydrogens is 417 g/mol. The van der Waals surface area contributed by atoms with Gasteiger partial charge in [0.15, 0.2) is 6.61 Å². The molecule has 0 aliphatic rings. The molecule has 1 heterocycles. The quantitative estimate of drug-likeness (QED) is 0.497. The monoisotopic (exact) mass is 436 g/mol. The molecule has 3 aromatic rings. The van der Waals surface area contributed by atoms with E-state index in [0.29, 0.717) is 0 Å². The number of esters is 1. The smallest absolute Gasteiger partial charge is 0.453 e. The molecule has 1 aromatic heterocycles. The molecule has 0 aliphatic carbocycles. The van der Waals surface area contributed by atoms with E-state index < -0.39 is 35.7 Å². The fourth-order valence-electron chi connectivity index (χ4n) is 2.98. The summed E-state index contributed by atoms with van der Waals surface area (Å²) in [6.45, 7) is 4.85. The van der Waals surface area contributed by atoms with E-state index >= 15 is 0 Å². The first-order valence-corrected chi connectivity index (χ1v) is 9.31. The molecule has 0 saturated carbocycles. The van der Waals surface area contributed by atoms with Gasteiger partial charge in [-0.25, -0.2) is 4.79 Å². The Kier molecular flexibility index (Phi) is 6.24. The average molecular weight is 436 g/mol. The second-order valence-corrected chi connectivity index (χ2v) is 6.76. The molecular formula is C22H19F3O6. The summed E-state index contributed by atoms with van der Waals surface area (Å²) in [4.78, 5) is 24.2. The van der Waals surface area contributed by atoms with Gasteiger partial charge in [-0.1, -0.05) is 6.07 Å². The number of carbonyl (C=O) groups excluding carboxylic acids is 1. The highest BCUT2D eigenvalue weighted by Crippen LogP contribution is 2.38. The third-order valence-corrected chi connectivity index (χ3v) is 4.16. The zero-order chi connectivity index (χ0) is 22.8. The normalized spacial score (nSPS) is 11.4. The molecule has 0 radical (unpaired) electrons. The van der Waals surface area contributed by atoms with Crippen LogP contribution in [0.5, 0.6) is 17.2 Å². The highest BCUT2D eigenvalue weighted by Gasteiger charge is 2.40. The molecule has 0 unspecified atom stereocenters. The van der Waals surface area contributed by atoms with Gasteiger partial charge < -0.3 is 18.6 Å². The van der Waals surface area contributed by atoms with Gasteiger partial charge in [0.25, 0.3) is 5.76 Å². The number of carbonyl (C=O) groups is 1. The molecule has 0 fully saturated rings. The topological polar surface area (TPSA) is 75.0 Å². The highest BCUT2D eigenvalue weighted by atomic mass is 19.4. The standard InChI is InChI=1S/C22H19F3O6/c1-4-28-18(26)11-29-14-5-6-16-17(10-14)31-21(22(23,24)25)20(19(16)27)30-15-8-12(2)7-13(3)9-15/h5-10H,4,11H2,1-3H3. The first kappa shape index (κ1) is 22.2. The van der Waals surface area contributed by atoms with Crippen molar-refractivity contribution in [2.75, 3.05) is 13.2 Å². The molecule has 6 nitrogen and oxygen atoms in total. The zero-order valence-corrected chi connectivity index (χ0v) is 17.0. The Morgan fingerprint density at radius 2 is 1.71 bits per heavy atom. The first-order chi connectivity index (χ1) is 14.6. The van der Waals surface area contributed by atoms with Crippen LogP contribution in [0.2, 0.25) is 0 Å². The number of benzene rings is 2. The van der Waals surface area contributed by atoms with Crippen LogP contribution in [0.25, 0.3) is 11.0 Å². The van der Waals surface area contributed by atoms with E-state index in [9.17, 15) is 22.8 Å². The second-order valence-electron chi connectivity index (χ2n) is 6.76. The Labute approximate surface area is 175 Å². The van der Waals surface area contributed by atoms with E-state index in [1.807, 2.05) is 6.07 Å². The molecule has 0 saturated heterocycles. The number of halogens is 3. The van der Waals surface area contributed by atoms with Gasteiger partial charge in [-0.05, 0) is 56.2 Å². The van der Waals surface area contributed by atoms with Crippen LogP contribution in [0.3, 0.4) is 0 Å². The summed E-state index contributed by atoms with van der Waals surface area (Å²) in [5.41, 5.74) is 0.186. The minimum atomic E-state index is -4.98. The van der Waals surface area contributed by atoms with Gasteiger partial charge >= 0.3 is 12.1 Å². The largest absolute Gasteiger partial charge is 0.482 e. The molecule has 9 heteroatoms. The van der Waals surface area contributed by atoms with Crippen molar-refractivity contribution in [1.29, 1.82) is 0 Å². The Hall–Kier alpha value is -3.49. The van der Waals surface area contributed by atoms with Gasteiger partial charge in [0.2, 0.25) is 11.2 Å². The van der Waals surface area contributed by atoms with E-state index in [1.165, 1.54) is 24.3 Å². The molecule has 0 spiro atoms. The van der Waals surface area contributed by atoms with Gasteiger partial charge in [0.1, 0.15) is 17.1 Å². The minimum Gasteiger partial charge on any atom is -0.482 e. The summed E-state index contributed by atoms with van der Waals surface area (Å²) >= 11 is 0. The third kappa shape index (κ3) is 5.17. The van der Waals surface area contributed by atoms with Gasteiger partial charge in [-0.3, -0.25) is 4.79 Å². The zero-order valence-electron chi connectivity index (χ0n) is 17.0. The van der Waals surface area contributed by atoms with Crippen molar-refractivity contribution >= 4 is 16.9 Å². The first-order valence-electron chi connectivity index (χ1n) is 9.31. The molecule has 31 heavy (non-hydrogen) atoms. The lowest BCUT2D eigenvalue weighted by atomic mass is 10.1. The van der Waals surface area contributed by atoms with E-state index in [-0.39, 0.29) is 29.1 Å². The average Bonchev–Trinajstić information content (AvgIpc) is 2.67. The van der Waals surface area contributed by atoms with Crippen LogP contribution >= 0.6 is 0 Å². The van der Waals surface area contributed by atoms with Crippen molar-refractivity contribution in [1.82, 2.24) is 0 Å². The number of aryl methyl sites for hydroxylation is 2. The van der Waals surface area contributed by atoms with Crippen molar-refractivity contribution < 1.29 is 36.6 Å². The van der Waals surface area contributed by atoms with E-state index in [1.54, 1.807) is 20.8 Å². The maximum atomic E-state index is 13.7. The number of hydrogen-bond donors (Lipinski definition) is 0. The van der Waals surface area contributed by atoms with Crippen molar-refractivity contribution in [2.24, 2.45) is 0 Å². The van der Waals surface area contributed by atoms with Crippen LogP contribution < -0.4 is 14.9 Å². The Morgan fingerprint density at radius 1 is 1.03 bits per heavy atom. The number of alkyl halides is 3. The van der Waals surface area contributed by atoms with Gasteiger partial charge in [0.05, 0.1) is 12.0 Å². The highest BCUT2D eigenvalue weighted by molar-refractivity contribution is 5.80. The van der Waals surface area contributed by atoms with Crippen LogP contribution in [0.1, 0.15) is 23.8 Å². The number of rotatable bonds is 6.